The summed E-state index contributed by atoms with van der Waals surface area (Å²) in [5, 5.41) is 9.28. The molecular weight excluding hydrogens is 240 g/mol. The third-order valence-corrected chi connectivity index (χ3v) is 4.52. The van der Waals surface area contributed by atoms with E-state index >= 15 is 0 Å². The fourth-order valence-electron chi connectivity index (χ4n) is 1.68. The number of anilines is 1. The van der Waals surface area contributed by atoms with Crippen molar-refractivity contribution >= 4 is 15.7 Å². The summed E-state index contributed by atoms with van der Waals surface area (Å²) in [6.45, 7) is 0.850. The van der Waals surface area contributed by atoms with Gasteiger partial charge in [-0.15, -0.1) is 0 Å². The van der Waals surface area contributed by atoms with Crippen LogP contribution in [0.5, 0.6) is 5.75 Å². The number of hydrogen-bond acceptors (Lipinski definition) is 4. The van der Waals surface area contributed by atoms with Crippen LogP contribution in [0, 0.1) is 0 Å². The molecule has 0 saturated carbocycles. The first kappa shape index (κ1) is 11.9. The van der Waals surface area contributed by atoms with Gasteiger partial charge in [0, 0.05) is 13.1 Å². The predicted octanol–water partition coefficient (Wildman–Crippen LogP) is 0.925. The molecule has 0 aromatic heterocycles. The van der Waals surface area contributed by atoms with E-state index in [9.17, 15) is 13.5 Å². The standard InChI is InChI=1S/C11H14N2O3S/c12-10-8-9(4-5-11(10)14)17(15,16)13-6-2-1-3-7-13/h1-2,4-5,8,14H,3,6-7,12H2. The van der Waals surface area contributed by atoms with Crippen LogP contribution in [0.25, 0.3) is 0 Å². The minimum Gasteiger partial charge on any atom is -0.506 e. The van der Waals surface area contributed by atoms with E-state index in [0.29, 0.717) is 19.5 Å². The molecule has 2 rings (SSSR count). The Labute approximate surface area is 100 Å². The van der Waals surface area contributed by atoms with Crippen molar-refractivity contribution in [2.75, 3.05) is 18.8 Å². The number of hydrogen-bond donors (Lipinski definition) is 2. The van der Waals surface area contributed by atoms with E-state index in [1.165, 1.54) is 22.5 Å². The minimum absolute atomic E-state index is 0.0682. The van der Waals surface area contributed by atoms with E-state index in [1.54, 1.807) is 0 Å². The van der Waals surface area contributed by atoms with Crippen LogP contribution >= 0.6 is 0 Å². The Balaban J connectivity index is 2.37. The highest BCUT2D eigenvalue weighted by molar-refractivity contribution is 7.89. The van der Waals surface area contributed by atoms with Crippen LogP contribution in [0.3, 0.4) is 0 Å². The molecule has 6 heteroatoms. The fourth-order valence-corrected chi connectivity index (χ4v) is 3.12. The van der Waals surface area contributed by atoms with Crippen LogP contribution in [0.15, 0.2) is 35.2 Å². The monoisotopic (exact) mass is 254 g/mol. The smallest absolute Gasteiger partial charge is 0.243 e. The zero-order valence-electron chi connectivity index (χ0n) is 9.20. The zero-order valence-corrected chi connectivity index (χ0v) is 10.0. The molecule has 0 unspecified atom stereocenters. The van der Waals surface area contributed by atoms with Crippen molar-refractivity contribution in [1.82, 2.24) is 4.31 Å². The Morgan fingerprint density at radius 3 is 2.65 bits per heavy atom. The first-order chi connectivity index (χ1) is 8.01. The van der Waals surface area contributed by atoms with Crippen molar-refractivity contribution in [3.63, 3.8) is 0 Å². The zero-order chi connectivity index (χ0) is 12.5. The van der Waals surface area contributed by atoms with E-state index in [2.05, 4.69) is 0 Å². The summed E-state index contributed by atoms with van der Waals surface area (Å²) in [5.41, 5.74) is 5.57. The van der Waals surface area contributed by atoms with E-state index < -0.39 is 10.0 Å². The molecule has 1 aliphatic heterocycles. The van der Waals surface area contributed by atoms with Crippen molar-refractivity contribution in [2.24, 2.45) is 0 Å². The molecule has 3 N–H and O–H groups in total. The third-order valence-electron chi connectivity index (χ3n) is 2.66. The molecule has 5 nitrogen and oxygen atoms in total. The van der Waals surface area contributed by atoms with Gasteiger partial charge in [0.15, 0.2) is 0 Å². The van der Waals surface area contributed by atoms with Gasteiger partial charge in [0.1, 0.15) is 5.75 Å². The van der Waals surface area contributed by atoms with Crippen LogP contribution in [0.4, 0.5) is 5.69 Å². The molecule has 1 aromatic rings. The Kier molecular flexibility index (Phi) is 3.08. The second-order valence-electron chi connectivity index (χ2n) is 3.84. The summed E-state index contributed by atoms with van der Waals surface area (Å²) in [5.74, 6) is -0.109. The van der Waals surface area contributed by atoms with Gasteiger partial charge in [-0.25, -0.2) is 8.42 Å². The second-order valence-corrected chi connectivity index (χ2v) is 5.78. The maximum Gasteiger partial charge on any atom is 0.243 e. The summed E-state index contributed by atoms with van der Waals surface area (Å²) in [4.78, 5) is 0.114. The van der Waals surface area contributed by atoms with E-state index in [1.807, 2.05) is 12.2 Å². The maximum atomic E-state index is 12.2. The third kappa shape index (κ3) is 2.27. The molecular formula is C11H14N2O3S. The van der Waals surface area contributed by atoms with Gasteiger partial charge in [0.05, 0.1) is 10.6 Å². The van der Waals surface area contributed by atoms with Gasteiger partial charge in [0.2, 0.25) is 10.0 Å². The number of nitrogens with zero attached hydrogens (tertiary/aromatic N) is 1. The number of nitrogens with two attached hydrogens (primary N) is 1. The van der Waals surface area contributed by atoms with Crippen molar-refractivity contribution in [2.45, 2.75) is 11.3 Å². The first-order valence-corrected chi connectivity index (χ1v) is 6.69. The summed E-state index contributed by atoms with van der Waals surface area (Å²) >= 11 is 0. The average molecular weight is 254 g/mol. The van der Waals surface area contributed by atoms with Gasteiger partial charge in [-0.05, 0) is 24.6 Å². The van der Waals surface area contributed by atoms with Gasteiger partial charge in [-0.2, -0.15) is 4.31 Å². The quantitative estimate of drug-likeness (QED) is 0.467. The summed E-state index contributed by atoms with van der Waals surface area (Å²) < 4.78 is 25.8. The first-order valence-electron chi connectivity index (χ1n) is 5.25. The molecule has 1 aromatic carbocycles. The molecule has 0 saturated heterocycles. The lowest BCUT2D eigenvalue weighted by Gasteiger charge is -2.22. The minimum atomic E-state index is -3.51. The topological polar surface area (TPSA) is 83.6 Å². The van der Waals surface area contributed by atoms with Gasteiger partial charge in [0.25, 0.3) is 0 Å². The van der Waals surface area contributed by atoms with Gasteiger partial charge >= 0.3 is 0 Å². The van der Waals surface area contributed by atoms with Crippen LogP contribution in [0.1, 0.15) is 6.42 Å². The Morgan fingerprint density at radius 1 is 1.29 bits per heavy atom. The number of phenolic OH excluding ortho intramolecular Hbond substituents is 1. The van der Waals surface area contributed by atoms with Crippen LogP contribution < -0.4 is 5.73 Å². The molecule has 0 atom stereocenters. The Hall–Kier alpha value is -1.53. The van der Waals surface area contributed by atoms with Crippen LogP contribution in [-0.2, 0) is 10.0 Å². The lowest BCUT2D eigenvalue weighted by atomic mass is 10.3. The number of nitrogen functional groups attached to an aromatic ring is 1. The number of aromatic hydroxyl groups is 1. The second kappa shape index (κ2) is 4.38. The molecule has 1 aliphatic rings. The van der Waals surface area contributed by atoms with Crippen molar-refractivity contribution < 1.29 is 13.5 Å². The van der Waals surface area contributed by atoms with Crippen molar-refractivity contribution in [3.05, 3.63) is 30.4 Å². The molecule has 92 valence electrons. The molecule has 0 spiro atoms. The fraction of sp³-hybridized carbons (Fsp3) is 0.273. The largest absolute Gasteiger partial charge is 0.506 e. The maximum absolute atomic E-state index is 12.2. The lowest BCUT2D eigenvalue weighted by molar-refractivity contribution is 0.437. The average Bonchev–Trinajstić information content (AvgIpc) is 2.33. The van der Waals surface area contributed by atoms with Crippen LogP contribution in [-0.4, -0.2) is 30.9 Å². The normalized spacial score (nSPS) is 17.2. The molecule has 0 amide bonds. The highest BCUT2D eigenvalue weighted by atomic mass is 32.2. The molecule has 0 radical (unpaired) electrons. The van der Waals surface area contributed by atoms with Crippen molar-refractivity contribution in [1.29, 1.82) is 0 Å². The number of rotatable bonds is 2. The number of sulfonamides is 1. The highest BCUT2D eigenvalue weighted by Crippen LogP contribution is 2.25. The summed E-state index contributed by atoms with van der Waals surface area (Å²) in [6.07, 6.45) is 4.49. The van der Waals surface area contributed by atoms with Crippen LogP contribution in [0.2, 0.25) is 0 Å². The molecule has 17 heavy (non-hydrogen) atoms. The van der Waals surface area contributed by atoms with E-state index in [-0.39, 0.29) is 16.3 Å². The molecule has 1 heterocycles. The number of benzene rings is 1. The van der Waals surface area contributed by atoms with E-state index in [0.717, 1.165) is 0 Å². The van der Waals surface area contributed by atoms with Gasteiger partial charge < -0.3 is 10.8 Å². The molecule has 0 fully saturated rings. The van der Waals surface area contributed by atoms with E-state index in [4.69, 9.17) is 5.73 Å². The summed E-state index contributed by atoms with van der Waals surface area (Å²) in [7, 11) is -3.51. The Bertz CT molecular complexity index is 552. The van der Waals surface area contributed by atoms with Crippen molar-refractivity contribution in [3.8, 4) is 5.75 Å². The molecule has 0 bridgehead atoms. The number of phenols is 1. The van der Waals surface area contributed by atoms with Gasteiger partial charge in [-0.3, -0.25) is 0 Å². The van der Waals surface area contributed by atoms with Gasteiger partial charge in [-0.1, -0.05) is 12.2 Å². The lowest BCUT2D eigenvalue weighted by Crippen LogP contribution is -2.33. The summed E-state index contributed by atoms with van der Waals surface area (Å²) in [6, 6.07) is 3.93. The SMILES string of the molecule is Nc1cc(S(=O)(=O)N2CC=CCC2)ccc1O. The Morgan fingerprint density at radius 2 is 2.06 bits per heavy atom. The highest BCUT2D eigenvalue weighted by Gasteiger charge is 2.24. The predicted molar refractivity (Wildman–Crippen MR) is 65.0 cm³/mol. The molecule has 0 aliphatic carbocycles.